The fourth-order valence-corrected chi connectivity index (χ4v) is 4.21. The molecule has 4 heteroatoms. The van der Waals surface area contributed by atoms with E-state index in [-0.39, 0.29) is 0 Å². The predicted molar refractivity (Wildman–Crippen MR) is 129 cm³/mol. The van der Waals surface area contributed by atoms with Crippen LogP contribution < -0.4 is 5.32 Å². The standard InChI is InChI=1S/C24H50N2OS/c1-5-8-9-10-11-12-13-14-15-16-22-28-23-18-21-27-24(4)25-19-17-20-26(6-2)7-3/h25H,4-23H2,1-3H3. The van der Waals surface area contributed by atoms with Gasteiger partial charge in [0.05, 0.1) is 6.61 Å². The lowest BCUT2D eigenvalue weighted by Gasteiger charge is -2.18. The van der Waals surface area contributed by atoms with Crippen molar-refractivity contribution in [2.75, 3.05) is 44.3 Å². The summed E-state index contributed by atoms with van der Waals surface area (Å²) in [4.78, 5) is 2.44. The summed E-state index contributed by atoms with van der Waals surface area (Å²) in [7, 11) is 0. The van der Waals surface area contributed by atoms with Gasteiger partial charge in [-0.25, -0.2) is 0 Å². The largest absolute Gasteiger partial charge is 0.480 e. The highest BCUT2D eigenvalue weighted by atomic mass is 32.2. The lowest BCUT2D eigenvalue weighted by molar-refractivity contribution is 0.191. The number of unbranched alkanes of at least 4 members (excludes halogenated alkanes) is 9. The topological polar surface area (TPSA) is 24.5 Å². The van der Waals surface area contributed by atoms with Crippen LogP contribution in [0.5, 0.6) is 0 Å². The van der Waals surface area contributed by atoms with E-state index in [0.29, 0.717) is 0 Å². The maximum absolute atomic E-state index is 5.68. The van der Waals surface area contributed by atoms with Crippen LogP contribution in [-0.2, 0) is 4.74 Å². The molecule has 0 rings (SSSR count). The molecule has 0 aromatic carbocycles. The monoisotopic (exact) mass is 414 g/mol. The Balaban J connectivity index is 3.19. The Bertz CT molecular complexity index is 322. The molecule has 0 fully saturated rings. The molecule has 3 nitrogen and oxygen atoms in total. The van der Waals surface area contributed by atoms with E-state index >= 15 is 0 Å². The molecule has 0 atom stereocenters. The fourth-order valence-electron chi connectivity index (χ4n) is 3.27. The summed E-state index contributed by atoms with van der Waals surface area (Å²) in [5, 5.41) is 3.29. The summed E-state index contributed by atoms with van der Waals surface area (Å²) in [5.74, 6) is 3.24. The molecule has 0 amide bonds. The Morgan fingerprint density at radius 1 is 0.786 bits per heavy atom. The van der Waals surface area contributed by atoms with Crippen molar-refractivity contribution >= 4 is 11.8 Å². The third kappa shape index (κ3) is 20.4. The summed E-state index contributed by atoms with van der Waals surface area (Å²) in [5.41, 5.74) is 0. The molecule has 0 bridgehead atoms. The van der Waals surface area contributed by atoms with Crippen LogP contribution in [0.1, 0.15) is 97.8 Å². The van der Waals surface area contributed by atoms with Gasteiger partial charge in [-0.05, 0) is 57.0 Å². The molecule has 0 aliphatic rings. The number of ether oxygens (including phenoxy) is 1. The summed E-state index contributed by atoms with van der Waals surface area (Å²) in [6.45, 7) is 15.8. The highest BCUT2D eigenvalue weighted by molar-refractivity contribution is 7.99. The van der Waals surface area contributed by atoms with Crippen molar-refractivity contribution in [1.82, 2.24) is 10.2 Å². The van der Waals surface area contributed by atoms with Crippen LogP contribution in [-0.4, -0.2) is 49.2 Å². The summed E-state index contributed by atoms with van der Waals surface area (Å²) in [6.07, 6.45) is 16.5. The van der Waals surface area contributed by atoms with Crippen LogP contribution >= 0.6 is 11.8 Å². The molecule has 0 aliphatic heterocycles. The first-order valence-corrected chi connectivity index (χ1v) is 13.3. The van der Waals surface area contributed by atoms with E-state index in [1.807, 2.05) is 0 Å². The molecule has 0 radical (unpaired) electrons. The molecule has 0 aromatic rings. The minimum atomic E-state index is 0.735. The van der Waals surface area contributed by atoms with Crippen molar-refractivity contribution in [1.29, 1.82) is 0 Å². The van der Waals surface area contributed by atoms with Crippen molar-refractivity contribution in [2.24, 2.45) is 0 Å². The second-order valence-corrected chi connectivity index (χ2v) is 8.95. The molecule has 0 unspecified atom stereocenters. The first-order valence-electron chi connectivity index (χ1n) is 12.1. The van der Waals surface area contributed by atoms with Gasteiger partial charge in [0.15, 0.2) is 5.88 Å². The molecule has 28 heavy (non-hydrogen) atoms. The number of nitrogens with zero attached hydrogens (tertiary/aromatic N) is 1. The van der Waals surface area contributed by atoms with E-state index in [1.165, 1.54) is 75.7 Å². The third-order valence-electron chi connectivity index (χ3n) is 5.22. The maximum atomic E-state index is 5.68. The minimum absolute atomic E-state index is 0.735. The van der Waals surface area contributed by atoms with Gasteiger partial charge in [-0.1, -0.05) is 78.6 Å². The quantitative estimate of drug-likeness (QED) is 0.146. The molecule has 0 saturated heterocycles. The van der Waals surface area contributed by atoms with Gasteiger partial charge in [-0.2, -0.15) is 11.8 Å². The molecule has 0 spiro atoms. The van der Waals surface area contributed by atoms with Gasteiger partial charge >= 0.3 is 0 Å². The fraction of sp³-hybridized carbons (Fsp3) is 0.917. The van der Waals surface area contributed by atoms with Crippen molar-refractivity contribution in [3.63, 3.8) is 0 Å². The van der Waals surface area contributed by atoms with Crippen molar-refractivity contribution in [2.45, 2.75) is 97.8 Å². The Hall–Kier alpha value is -0.350. The van der Waals surface area contributed by atoms with E-state index in [2.05, 4.69) is 49.3 Å². The van der Waals surface area contributed by atoms with E-state index in [1.54, 1.807) is 0 Å². The van der Waals surface area contributed by atoms with Gasteiger partial charge in [0.25, 0.3) is 0 Å². The zero-order valence-corrected chi connectivity index (χ0v) is 20.2. The first kappa shape index (κ1) is 27.6. The molecule has 0 aromatic heterocycles. The molecule has 168 valence electrons. The van der Waals surface area contributed by atoms with E-state index < -0.39 is 0 Å². The van der Waals surface area contributed by atoms with Crippen molar-refractivity contribution < 1.29 is 4.74 Å². The zero-order chi connectivity index (χ0) is 20.7. The third-order valence-corrected chi connectivity index (χ3v) is 6.37. The van der Waals surface area contributed by atoms with E-state index in [9.17, 15) is 0 Å². The smallest absolute Gasteiger partial charge is 0.179 e. The van der Waals surface area contributed by atoms with Crippen LogP contribution in [0.4, 0.5) is 0 Å². The Morgan fingerprint density at radius 3 is 1.96 bits per heavy atom. The normalized spacial score (nSPS) is 11.1. The summed E-state index contributed by atoms with van der Waals surface area (Å²) >= 11 is 2.08. The minimum Gasteiger partial charge on any atom is -0.480 e. The lowest BCUT2D eigenvalue weighted by Crippen LogP contribution is -2.27. The Morgan fingerprint density at radius 2 is 1.36 bits per heavy atom. The van der Waals surface area contributed by atoms with Gasteiger partial charge in [0.2, 0.25) is 0 Å². The second kappa shape index (κ2) is 22.9. The number of nitrogens with one attached hydrogen (secondary N) is 1. The van der Waals surface area contributed by atoms with Crippen molar-refractivity contribution in [3.05, 3.63) is 12.5 Å². The molecular weight excluding hydrogens is 364 g/mol. The second-order valence-electron chi connectivity index (χ2n) is 7.73. The predicted octanol–water partition coefficient (Wildman–Crippen LogP) is 6.84. The number of thioether (sulfide) groups is 1. The maximum Gasteiger partial charge on any atom is 0.179 e. The average Bonchev–Trinajstić information content (AvgIpc) is 2.71. The number of hydrogen-bond donors (Lipinski definition) is 1. The SMILES string of the molecule is C=C(NCCCN(CC)CC)OCCCSCCCCCCCCCCCC. The molecular formula is C24H50N2OS. The Labute approximate surface area is 181 Å². The average molecular weight is 415 g/mol. The zero-order valence-electron chi connectivity index (χ0n) is 19.4. The summed E-state index contributed by atoms with van der Waals surface area (Å²) < 4.78 is 5.68. The highest BCUT2D eigenvalue weighted by Crippen LogP contribution is 2.13. The van der Waals surface area contributed by atoms with Crippen LogP contribution in [0.3, 0.4) is 0 Å². The molecule has 0 heterocycles. The highest BCUT2D eigenvalue weighted by Gasteiger charge is 1.99. The summed E-state index contributed by atoms with van der Waals surface area (Å²) in [6, 6.07) is 0. The van der Waals surface area contributed by atoms with Crippen LogP contribution in [0.25, 0.3) is 0 Å². The van der Waals surface area contributed by atoms with Gasteiger partial charge in [-0.3, -0.25) is 0 Å². The van der Waals surface area contributed by atoms with Crippen LogP contribution in [0, 0.1) is 0 Å². The lowest BCUT2D eigenvalue weighted by atomic mass is 10.1. The molecule has 1 N–H and O–H groups in total. The van der Waals surface area contributed by atoms with Gasteiger partial charge in [0.1, 0.15) is 0 Å². The Kier molecular flexibility index (Phi) is 22.6. The molecule has 0 aliphatic carbocycles. The van der Waals surface area contributed by atoms with Crippen LogP contribution in [0.15, 0.2) is 12.5 Å². The number of rotatable bonds is 23. The van der Waals surface area contributed by atoms with E-state index in [4.69, 9.17) is 4.74 Å². The first-order chi connectivity index (χ1) is 13.7. The number of hydrogen-bond acceptors (Lipinski definition) is 4. The van der Waals surface area contributed by atoms with Crippen LogP contribution in [0.2, 0.25) is 0 Å². The van der Waals surface area contributed by atoms with Gasteiger partial charge in [0, 0.05) is 6.54 Å². The van der Waals surface area contributed by atoms with E-state index in [0.717, 1.165) is 51.5 Å². The molecule has 0 saturated carbocycles. The van der Waals surface area contributed by atoms with Crippen molar-refractivity contribution in [3.8, 4) is 0 Å². The van der Waals surface area contributed by atoms with Gasteiger partial charge < -0.3 is 15.0 Å². The van der Waals surface area contributed by atoms with Gasteiger partial charge in [-0.15, -0.1) is 0 Å².